The monoisotopic (exact) mass is 260 g/mol. The van der Waals surface area contributed by atoms with E-state index in [0.29, 0.717) is 24.5 Å². The van der Waals surface area contributed by atoms with Gasteiger partial charge in [0.15, 0.2) is 5.60 Å². The van der Waals surface area contributed by atoms with E-state index in [-0.39, 0.29) is 5.89 Å². The third kappa shape index (κ3) is 2.36. The zero-order valence-corrected chi connectivity index (χ0v) is 10.8. The number of rotatable bonds is 2. The maximum absolute atomic E-state index is 10.5. The second-order valence-electron chi connectivity index (χ2n) is 4.90. The minimum Gasteiger partial charge on any atom is -0.379 e. The van der Waals surface area contributed by atoms with Crippen molar-refractivity contribution in [3.8, 4) is 11.5 Å². The van der Waals surface area contributed by atoms with Crippen molar-refractivity contribution in [3.63, 3.8) is 0 Å². The van der Waals surface area contributed by atoms with Gasteiger partial charge in [-0.3, -0.25) is 0 Å². The van der Waals surface area contributed by atoms with Gasteiger partial charge in [-0.1, -0.05) is 11.2 Å². The van der Waals surface area contributed by atoms with Gasteiger partial charge in [-0.25, -0.2) is 4.98 Å². The number of β-amino-alcohol motifs (C(OH)–C–C–N with tert-alkyl or cyclic N) is 1. The van der Waals surface area contributed by atoms with E-state index in [2.05, 4.69) is 20.4 Å². The van der Waals surface area contributed by atoms with E-state index in [9.17, 15) is 5.11 Å². The highest BCUT2D eigenvalue weighted by atomic mass is 16.5. The van der Waals surface area contributed by atoms with Crippen LogP contribution < -0.4 is 5.32 Å². The van der Waals surface area contributed by atoms with Crippen molar-refractivity contribution in [3.05, 3.63) is 29.8 Å². The van der Waals surface area contributed by atoms with Crippen molar-refractivity contribution >= 4 is 0 Å². The lowest BCUT2D eigenvalue weighted by molar-refractivity contribution is -0.0167. The number of piperidine rings is 1. The van der Waals surface area contributed by atoms with E-state index in [1.54, 1.807) is 0 Å². The van der Waals surface area contributed by atoms with Crippen LogP contribution in [0.3, 0.4) is 0 Å². The minimum atomic E-state index is -1.06. The summed E-state index contributed by atoms with van der Waals surface area (Å²) in [6.45, 7) is 3.25. The number of aryl methyl sites for hydroxylation is 1. The second-order valence-corrected chi connectivity index (χ2v) is 4.90. The summed E-state index contributed by atoms with van der Waals surface area (Å²) in [5, 5.41) is 17.5. The Morgan fingerprint density at radius 2 is 2.26 bits per heavy atom. The average molecular weight is 260 g/mol. The van der Waals surface area contributed by atoms with Gasteiger partial charge in [0, 0.05) is 12.2 Å². The molecule has 2 aromatic rings. The van der Waals surface area contributed by atoms with Gasteiger partial charge in [-0.2, -0.15) is 4.98 Å². The molecule has 1 aliphatic rings. The summed E-state index contributed by atoms with van der Waals surface area (Å²) in [5.74, 6) is 0.677. The first-order chi connectivity index (χ1) is 9.17. The number of pyridine rings is 1. The third-order valence-electron chi connectivity index (χ3n) is 3.30. The summed E-state index contributed by atoms with van der Waals surface area (Å²) < 4.78 is 5.21. The predicted molar refractivity (Wildman–Crippen MR) is 68.3 cm³/mol. The normalized spacial score (nSPS) is 23.5. The van der Waals surface area contributed by atoms with Gasteiger partial charge < -0.3 is 14.9 Å². The lowest BCUT2D eigenvalue weighted by Crippen LogP contribution is -2.43. The molecule has 1 saturated heterocycles. The lowest BCUT2D eigenvalue weighted by atomic mass is 9.94. The fraction of sp³-hybridized carbons (Fsp3) is 0.462. The quantitative estimate of drug-likeness (QED) is 0.838. The summed E-state index contributed by atoms with van der Waals surface area (Å²) in [7, 11) is 0. The molecule has 19 heavy (non-hydrogen) atoms. The SMILES string of the molecule is Cc1cccc(-c2noc(C3(O)CCCNC3)n2)n1. The molecule has 2 N–H and O–H groups in total. The number of nitrogens with one attached hydrogen (secondary N) is 1. The number of hydrogen-bond acceptors (Lipinski definition) is 6. The van der Waals surface area contributed by atoms with Crippen LogP contribution in [0.2, 0.25) is 0 Å². The molecule has 0 radical (unpaired) electrons. The molecule has 0 aromatic carbocycles. The number of aromatic nitrogens is 3. The number of aliphatic hydroxyl groups is 1. The molecule has 1 atom stereocenters. The molecule has 1 fully saturated rings. The van der Waals surface area contributed by atoms with Crippen LogP contribution in [0, 0.1) is 6.92 Å². The van der Waals surface area contributed by atoms with Crippen molar-refractivity contribution in [1.82, 2.24) is 20.4 Å². The fourth-order valence-electron chi connectivity index (χ4n) is 2.26. The van der Waals surface area contributed by atoms with E-state index in [4.69, 9.17) is 4.52 Å². The van der Waals surface area contributed by atoms with Crippen LogP contribution in [-0.2, 0) is 5.60 Å². The molecule has 0 bridgehead atoms. The molecule has 3 heterocycles. The van der Waals surface area contributed by atoms with E-state index in [1.807, 2.05) is 25.1 Å². The number of nitrogens with zero attached hydrogens (tertiary/aromatic N) is 3. The number of hydrogen-bond donors (Lipinski definition) is 2. The summed E-state index contributed by atoms with van der Waals surface area (Å²) in [6.07, 6.45) is 1.51. The summed E-state index contributed by atoms with van der Waals surface area (Å²) in [6, 6.07) is 5.62. The lowest BCUT2D eigenvalue weighted by Gasteiger charge is -2.28. The van der Waals surface area contributed by atoms with Crippen molar-refractivity contribution in [2.45, 2.75) is 25.4 Å². The molecule has 1 aliphatic heterocycles. The van der Waals surface area contributed by atoms with Gasteiger partial charge in [-0.15, -0.1) is 0 Å². The Hall–Kier alpha value is -1.79. The van der Waals surface area contributed by atoms with E-state index >= 15 is 0 Å². The highest BCUT2D eigenvalue weighted by Gasteiger charge is 2.37. The Morgan fingerprint density at radius 3 is 3.00 bits per heavy atom. The molecule has 6 nitrogen and oxygen atoms in total. The molecular formula is C13H16N4O2. The van der Waals surface area contributed by atoms with Crippen molar-refractivity contribution in [2.24, 2.45) is 0 Å². The van der Waals surface area contributed by atoms with Crippen molar-refractivity contribution < 1.29 is 9.63 Å². The largest absolute Gasteiger partial charge is 0.379 e. The molecule has 3 rings (SSSR count). The molecule has 100 valence electrons. The summed E-state index contributed by atoms with van der Waals surface area (Å²) in [4.78, 5) is 8.63. The Balaban J connectivity index is 1.91. The summed E-state index contributed by atoms with van der Waals surface area (Å²) >= 11 is 0. The van der Waals surface area contributed by atoms with Crippen molar-refractivity contribution in [2.75, 3.05) is 13.1 Å². The molecular weight excluding hydrogens is 244 g/mol. The highest BCUT2D eigenvalue weighted by Crippen LogP contribution is 2.28. The third-order valence-corrected chi connectivity index (χ3v) is 3.30. The van der Waals surface area contributed by atoms with E-state index < -0.39 is 5.60 Å². The van der Waals surface area contributed by atoms with Crippen LogP contribution in [0.1, 0.15) is 24.4 Å². The van der Waals surface area contributed by atoms with Crippen LogP contribution in [0.4, 0.5) is 0 Å². The fourth-order valence-corrected chi connectivity index (χ4v) is 2.26. The first-order valence-electron chi connectivity index (χ1n) is 6.39. The standard InChI is InChI=1S/C13H16N4O2/c1-9-4-2-5-10(15-9)11-16-12(19-17-11)13(18)6-3-7-14-8-13/h2,4-5,14,18H,3,6-8H2,1H3. The van der Waals surface area contributed by atoms with Crippen LogP contribution in [0.25, 0.3) is 11.5 Å². The second kappa shape index (κ2) is 4.71. The Labute approximate surface area is 110 Å². The van der Waals surface area contributed by atoms with Crippen molar-refractivity contribution in [1.29, 1.82) is 0 Å². The van der Waals surface area contributed by atoms with E-state index in [0.717, 1.165) is 18.7 Å². The Kier molecular flexibility index (Phi) is 3.04. The molecule has 0 amide bonds. The van der Waals surface area contributed by atoms with Gasteiger partial charge in [0.1, 0.15) is 5.69 Å². The van der Waals surface area contributed by atoms with Crippen LogP contribution in [0.5, 0.6) is 0 Å². The predicted octanol–water partition coefficient (Wildman–Crippen LogP) is 1.01. The molecule has 1 unspecified atom stereocenters. The molecule has 6 heteroatoms. The zero-order chi connectivity index (χ0) is 13.3. The first-order valence-corrected chi connectivity index (χ1v) is 6.39. The van der Waals surface area contributed by atoms with Crippen LogP contribution >= 0.6 is 0 Å². The van der Waals surface area contributed by atoms with Gasteiger partial charge >= 0.3 is 0 Å². The smallest absolute Gasteiger partial charge is 0.260 e. The van der Waals surface area contributed by atoms with Gasteiger partial charge in [0.2, 0.25) is 5.82 Å². The van der Waals surface area contributed by atoms with Gasteiger partial charge in [-0.05, 0) is 38.4 Å². The topological polar surface area (TPSA) is 84.1 Å². The van der Waals surface area contributed by atoms with Crippen LogP contribution in [0.15, 0.2) is 22.7 Å². The van der Waals surface area contributed by atoms with Gasteiger partial charge in [0.05, 0.1) is 0 Å². The minimum absolute atomic E-state index is 0.262. The molecule has 2 aromatic heterocycles. The van der Waals surface area contributed by atoms with Gasteiger partial charge in [0.25, 0.3) is 5.89 Å². The molecule has 0 saturated carbocycles. The summed E-state index contributed by atoms with van der Waals surface area (Å²) in [5.41, 5.74) is 0.483. The zero-order valence-electron chi connectivity index (χ0n) is 10.8. The van der Waals surface area contributed by atoms with E-state index in [1.165, 1.54) is 0 Å². The maximum Gasteiger partial charge on any atom is 0.260 e. The molecule has 0 spiro atoms. The Bertz CT molecular complexity index is 576. The first kappa shape index (κ1) is 12.3. The molecule has 0 aliphatic carbocycles. The maximum atomic E-state index is 10.5. The average Bonchev–Trinajstić information content (AvgIpc) is 2.90. The van der Waals surface area contributed by atoms with Crippen LogP contribution in [-0.4, -0.2) is 33.3 Å². The Morgan fingerprint density at radius 1 is 1.37 bits per heavy atom. The highest BCUT2D eigenvalue weighted by molar-refractivity contribution is 5.48.